The number of rotatable bonds is 1. The number of benzene rings is 3. The molecule has 0 aromatic heterocycles. The molecule has 3 aromatic carbocycles. The predicted molar refractivity (Wildman–Crippen MR) is 138 cm³/mol. The quantitative estimate of drug-likeness (QED) is 0.411. The molecule has 0 aliphatic heterocycles. The van der Waals surface area contributed by atoms with E-state index >= 15 is 0 Å². The summed E-state index contributed by atoms with van der Waals surface area (Å²) in [7, 11) is 1.70. The average Bonchev–Trinajstić information content (AvgIpc) is 2.70. The van der Waals surface area contributed by atoms with E-state index < -0.39 is 0 Å². The molecule has 2 heteroatoms. The Labute approximate surface area is 199 Å². The second-order valence-corrected chi connectivity index (χ2v) is 12.8. The maximum atomic E-state index is 11.4. The highest BCUT2D eigenvalue weighted by Gasteiger charge is 2.59. The molecule has 0 amide bonds. The third-order valence-corrected chi connectivity index (χ3v) is 8.73. The summed E-state index contributed by atoms with van der Waals surface area (Å²) in [5.74, 6) is 1.18. The van der Waals surface area contributed by atoms with Crippen molar-refractivity contribution in [2.24, 2.45) is 10.8 Å². The summed E-state index contributed by atoms with van der Waals surface area (Å²) in [5.41, 5.74) is 6.74. The fourth-order valence-electron chi connectivity index (χ4n) is 8.02. The Morgan fingerprint density at radius 2 is 1.42 bits per heavy atom. The Bertz CT molecular complexity index is 1260. The monoisotopic (exact) mass is 442 g/mol. The molecule has 174 valence electrons. The molecule has 3 aromatic rings. The van der Waals surface area contributed by atoms with Gasteiger partial charge in [0.1, 0.15) is 11.5 Å². The molecule has 33 heavy (non-hydrogen) atoms. The molecule has 1 saturated carbocycles. The summed E-state index contributed by atoms with van der Waals surface area (Å²) in [6.07, 6.45) is 3.43. The third-order valence-electron chi connectivity index (χ3n) is 8.73. The van der Waals surface area contributed by atoms with Crippen molar-refractivity contribution in [3.63, 3.8) is 0 Å². The smallest absolute Gasteiger partial charge is 0.123 e. The molecule has 0 radical (unpaired) electrons. The van der Waals surface area contributed by atoms with E-state index in [0.29, 0.717) is 5.75 Å². The highest BCUT2D eigenvalue weighted by atomic mass is 16.5. The number of fused-ring (bicyclic) bond motifs is 6. The first-order valence-corrected chi connectivity index (χ1v) is 12.3. The van der Waals surface area contributed by atoms with Crippen LogP contribution in [0.3, 0.4) is 0 Å². The number of ether oxygens (including phenoxy) is 1. The Morgan fingerprint density at radius 3 is 2.06 bits per heavy atom. The summed E-state index contributed by atoms with van der Waals surface area (Å²) in [6.45, 7) is 16.7. The second kappa shape index (κ2) is 6.78. The number of aromatic hydroxyl groups is 1. The van der Waals surface area contributed by atoms with Crippen LogP contribution in [0.2, 0.25) is 0 Å². The minimum absolute atomic E-state index is 0.0623. The van der Waals surface area contributed by atoms with E-state index in [-0.39, 0.29) is 21.7 Å². The van der Waals surface area contributed by atoms with Gasteiger partial charge in [-0.3, -0.25) is 0 Å². The van der Waals surface area contributed by atoms with Gasteiger partial charge in [-0.25, -0.2) is 0 Å². The molecule has 0 bridgehead atoms. The normalized spacial score (nSPS) is 21.5. The van der Waals surface area contributed by atoms with Crippen molar-refractivity contribution in [2.45, 2.75) is 78.6 Å². The fraction of sp³-hybridized carbons (Fsp3) is 0.484. The zero-order valence-corrected chi connectivity index (χ0v) is 21.5. The van der Waals surface area contributed by atoms with E-state index in [1.165, 1.54) is 28.7 Å². The lowest BCUT2D eigenvalue weighted by Crippen LogP contribution is -2.55. The fourth-order valence-corrected chi connectivity index (χ4v) is 8.02. The predicted octanol–water partition coefficient (Wildman–Crippen LogP) is 8.29. The molecule has 5 rings (SSSR count). The van der Waals surface area contributed by atoms with Crippen LogP contribution in [0, 0.1) is 17.8 Å². The van der Waals surface area contributed by atoms with Crippen LogP contribution in [0.1, 0.15) is 77.5 Å². The summed E-state index contributed by atoms with van der Waals surface area (Å²) < 4.78 is 5.61. The summed E-state index contributed by atoms with van der Waals surface area (Å²) in [6, 6.07) is 15.3. The van der Waals surface area contributed by atoms with Gasteiger partial charge in [-0.2, -0.15) is 0 Å². The average molecular weight is 443 g/mol. The van der Waals surface area contributed by atoms with Gasteiger partial charge in [0.25, 0.3) is 0 Å². The molecule has 1 N–H and O–H groups in total. The van der Waals surface area contributed by atoms with E-state index in [1.54, 1.807) is 7.11 Å². The van der Waals surface area contributed by atoms with Crippen LogP contribution < -0.4 is 4.74 Å². The van der Waals surface area contributed by atoms with Gasteiger partial charge in [0, 0.05) is 16.2 Å². The van der Waals surface area contributed by atoms with Gasteiger partial charge < -0.3 is 9.84 Å². The van der Waals surface area contributed by atoms with Gasteiger partial charge in [-0.1, -0.05) is 65.8 Å². The van der Waals surface area contributed by atoms with Crippen molar-refractivity contribution in [2.75, 3.05) is 7.11 Å². The first kappa shape index (κ1) is 22.3. The molecule has 0 heterocycles. The summed E-state index contributed by atoms with van der Waals surface area (Å²) in [4.78, 5) is 0. The maximum Gasteiger partial charge on any atom is 0.123 e. The zero-order chi connectivity index (χ0) is 24.0. The first-order chi connectivity index (χ1) is 15.3. The van der Waals surface area contributed by atoms with Crippen molar-refractivity contribution in [1.29, 1.82) is 0 Å². The second-order valence-electron chi connectivity index (χ2n) is 12.8. The standard InChI is InChI=1S/C31H38O2/c1-19-13-22-21(14-26(19)33-8)25(32)15-24-27(22)20-11-9-10-12-23(20)30(6,7)31(24)17-28(2,3)16-29(4,5)18-31/h9-15,32H,16-18H2,1-8H3. The van der Waals surface area contributed by atoms with Gasteiger partial charge in [0.05, 0.1) is 7.11 Å². The number of hydrogen-bond donors (Lipinski definition) is 1. The van der Waals surface area contributed by atoms with Gasteiger partial charge in [-0.05, 0) is 88.4 Å². The first-order valence-electron chi connectivity index (χ1n) is 12.3. The van der Waals surface area contributed by atoms with E-state index in [0.717, 1.165) is 34.9 Å². The molecule has 0 unspecified atom stereocenters. The summed E-state index contributed by atoms with van der Waals surface area (Å²) >= 11 is 0. The van der Waals surface area contributed by atoms with Crippen LogP contribution in [0.5, 0.6) is 11.5 Å². The molecule has 1 fully saturated rings. The molecule has 1 spiro atoms. The van der Waals surface area contributed by atoms with Gasteiger partial charge in [0.2, 0.25) is 0 Å². The Hall–Kier alpha value is -2.48. The molecule has 2 aliphatic rings. The number of hydrogen-bond acceptors (Lipinski definition) is 2. The molecule has 2 nitrogen and oxygen atoms in total. The largest absolute Gasteiger partial charge is 0.507 e. The topological polar surface area (TPSA) is 29.5 Å². The van der Waals surface area contributed by atoms with Crippen LogP contribution >= 0.6 is 0 Å². The van der Waals surface area contributed by atoms with Gasteiger partial charge in [-0.15, -0.1) is 0 Å². The number of methoxy groups -OCH3 is 1. The van der Waals surface area contributed by atoms with Crippen LogP contribution in [-0.2, 0) is 10.8 Å². The Morgan fingerprint density at radius 1 is 0.788 bits per heavy atom. The molecule has 2 aliphatic carbocycles. The highest BCUT2D eigenvalue weighted by molar-refractivity contribution is 6.04. The van der Waals surface area contributed by atoms with Crippen molar-refractivity contribution in [3.05, 3.63) is 59.2 Å². The van der Waals surface area contributed by atoms with E-state index in [1.807, 2.05) is 6.07 Å². The van der Waals surface area contributed by atoms with Crippen molar-refractivity contribution < 1.29 is 9.84 Å². The molecule has 0 atom stereocenters. The van der Waals surface area contributed by atoms with Crippen LogP contribution in [0.15, 0.2) is 42.5 Å². The van der Waals surface area contributed by atoms with Crippen molar-refractivity contribution >= 4 is 10.8 Å². The highest BCUT2D eigenvalue weighted by Crippen LogP contribution is 2.67. The van der Waals surface area contributed by atoms with E-state index in [9.17, 15) is 5.11 Å². The van der Waals surface area contributed by atoms with Crippen molar-refractivity contribution in [3.8, 4) is 22.6 Å². The lowest BCUT2D eigenvalue weighted by molar-refractivity contribution is 0.00616. The minimum Gasteiger partial charge on any atom is -0.507 e. The summed E-state index contributed by atoms with van der Waals surface area (Å²) in [5, 5.41) is 13.4. The number of aryl methyl sites for hydroxylation is 1. The van der Waals surface area contributed by atoms with E-state index in [4.69, 9.17) is 4.74 Å². The minimum atomic E-state index is -0.0680. The third kappa shape index (κ3) is 3.06. The van der Waals surface area contributed by atoms with Gasteiger partial charge in [0.15, 0.2) is 0 Å². The Kier molecular flexibility index (Phi) is 4.58. The molecular weight excluding hydrogens is 404 g/mol. The molecular formula is C31H38O2. The van der Waals surface area contributed by atoms with Crippen LogP contribution in [-0.4, -0.2) is 12.2 Å². The van der Waals surface area contributed by atoms with E-state index in [2.05, 4.69) is 84.9 Å². The maximum absolute atomic E-state index is 11.4. The number of phenols is 1. The van der Waals surface area contributed by atoms with Crippen LogP contribution in [0.4, 0.5) is 0 Å². The molecule has 0 saturated heterocycles. The SMILES string of the molecule is COc1cc2c(O)cc3c(c2cc1C)-c1ccccc1C(C)(C)C31CC(C)(C)CC(C)(C)C1. The zero-order valence-electron chi connectivity index (χ0n) is 21.5. The Balaban J connectivity index is 1.96. The number of phenolic OH excluding ortho intramolecular Hbond substituents is 1. The van der Waals surface area contributed by atoms with Crippen LogP contribution in [0.25, 0.3) is 21.9 Å². The lowest BCUT2D eigenvalue weighted by Gasteiger charge is -2.61. The van der Waals surface area contributed by atoms with Crippen molar-refractivity contribution in [1.82, 2.24) is 0 Å². The lowest BCUT2D eigenvalue weighted by atomic mass is 9.42. The van der Waals surface area contributed by atoms with Gasteiger partial charge >= 0.3 is 0 Å².